The topological polar surface area (TPSA) is 49.5 Å². The van der Waals surface area contributed by atoms with Gasteiger partial charge in [0.25, 0.3) is 0 Å². The van der Waals surface area contributed by atoms with Crippen molar-refractivity contribution in [2.45, 2.75) is 19.3 Å². The number of aliphatic hydroxyl groups is 1. The van der Waals surface area contributed by atoms with Crippen molar-refractivity contribution in [1.82, 2.24) is 0 Å². The van der Waals surface area contributed by atoms with E-state index in [2.05, 4.69) is 12.2 Å². The molecule has 0 radical (unpaired) electrons. The first-order valence-electron chi connectivity index (χ1n) is 6.08. The summed E-state index contributed by atoms with van der Waals surface area (Å²) in [6.45, 7) is 0.734. The van der Waals surface area contributed by atoms with E-state index in [4.69, 9.17) is 10.8 Å². The highest BCUT2D eigenvalue weighted by Crippen LogP contribution is 2.23. The molecule has 6 heteroatoms. The molecule has 1 aromatic rings. The predicted molar refractivity (Wildman–Crippen MR) is 76.5 cm³/mol. The van der Waals surface area contributed by atoms with Crippen LogP contribution in [0.3, 0.4) is 0 Å². The first-order chi connectivity index (χ1) is 8.99. The van der Waals surface area contributed by atoms with Crippen molar-refractivity contribution in [1.29, 1.82) is 0 Å². The van der Waals surface area contributed by atoms with Gasteiger partial charge >= 0.3 is 0 Å². The molecule has 0 amide bonds. The van der Waals surface area contributed by atoms with Gasteiger partial charge in [-0.05, 0) is 31.4 Å². The van der Waals surface area contributed by atoms with Gasteiger partial charge < -0.3 is 15.7 Å². The molecule has 1 aromatic carbocycles. The normalized spacial score (nSPS) is 10.5. The first-order valence-corrected chi connectivity index (χ1v) is 6.49. The van der Waals surface area contributed by atoms with Crippen LogP contribution in [0, 0.1) is 11.6 Å². The summed E-state index contributed by atoms with van der Waals surface area (Å²) in [5.74, 6) is -1.94. The second kappa shape index (κ2) is 7.35. The summed E-state index contributed by atoms with van der Waals surface area (Å²) in [6.07, 6.45) is 2.36. The third kappa shape index (κ3) is 4.11. The molecule has 0 aromatic heterocycles. The molecule has 0 aliphatic carbocycles. The number of hydrogen-bond acceptors (Lipinski definition) is 3. The van der Waals surface area contributed by atoms with Crippen molar-refractivity contribution in [3.8, 4) is 0 Å². The predicted octanol–water partition coefficient (Wildman–Crippen LogP) is 2.20. The summed E-state index contributed by atoms with van der Waals surface area (Å²) in [5.41, 5.74) is 5.41. The van der Waals surface area contributed by atoms with E-state index in [9.17, 15) is 8.78 Å². The Morgan fingerprint density at radius 3 is 2.53 bits per heavy atom. The Hall–Kier alpha value is -1.27. The zero-order valence-corrected chi connectivity index (χ0v) is 11.6. The van der Waals surface area contributed by atoms with Crippen LogP contribution in [0.2, 0.25) is 0 Å². The molecular formula is C13H18F2N2OS. The van der Waals surface area contributed by atoms with Gasteiger partial charge in [0, 0.05) is 25.8 Å². The quantitative estimate of drug-likeness (QED) is 0.596. The van der Waals surface area contributed by atoms with Crippen LogP contribution in [0.5, 0.6) is 0 Å². The second-order valence-corrected chi connectivity index (χ2v) is 4.77. The lowest BCUT2D eigenvalue weighted by atomic mass is 10.1. The van der Waals surface area contributed by atoms with Crippen LogP contribution in [-0.4, -0.2) is 30.3 Å². The fraction of sp³-hybridized carbons (Fsp3) is 0.462. The largest absolute Gasteiger partial charge is 0.396 e. The molecule has 0 unspecified atom stereocenters. The number of anilines is 1. The lowest BCUT2D eigenvalue weighted by Crippen LogP contribution is -2.21. The van der Waals surface area contributed by atoms with Gasteiger partial charge in [-0.15, -0.1) is 0 Å². The SMILES string of the molecule is CN(CCCCCO)c1ccc(C(N)=S)c(F)c1F. The average molecular weight is 288 g/mol. The number of nitrogens with zero attached hydrogens (tertiary/aromatic N) is 1. The minimum atomic E-state index is -1.01. The molecule has 0 saturated heterocycles. The molecule has 0 spiro atoms. The van der Waals surface area contributed by atoms with Crippen molar-refractivity contribution < 1.29 is 13.9 Å². The highest BCUT2D eigenvalue weighted by Gasteiger charge is 2.17. The zero-order chi connectivity index (χ0) is 14.4. The third-order valence-corrected chi connectivity index (χ3v) is 3.11. The number of hydrogen-bond donors (Lipinski definition) is 2. The van der Waals surface area contributed by atoms with E-state index >= 15 is 0 Å². The van der Waals surface area contributed by atoms with E-state index in [1.807, 2.05) is 0 Å². The maximum atomic E-state index is 13.9. The Bertz CT molecular complexity index is 455. The van der Waals surface area contributed by atoms with E-state index in [1.165, 1.54) is 12.1 Å². The summed E-state index contributed by atoms with van der Waals surface area (Å²) in [5, 5.41) is 8.66. The number of rotatable bonds is 7. The number of benzene rings is 1. The fourth-order valence-corrected chi connectivity index (χ4v) is 1.94. The summed E-state index contributed by atoms with van der Waals surface area (Å²) in [6, 6.07) is 2.86. The lowest BCUT2D eigenvalue weighted by molar-refractivity contribution is 0.283. The monoisotopic (exact) mass is 288 g/mol. The molecule has 0 aliphatic heterocycles. The van der Waals surface area contributed by atoms with Crippen LogP contribution in [0.4, 0.5) is 14.5 Å². The van der Waals surface area contributed by atoms with E-state index in [0.29, 0.717) is 13.0 Å². The molecule has 106 valence electrons. The Labute approximate surface area is 117 Å². The van der Waals surface area contributed by atoms with E-state index < -0.39 is 11.6 Å². The molecule has 1 rings (SSSR count). The van der Waals surface area contributed by atoms with Gasteiger partial charge in [0.15, 0.2) is 11.6 Å². The van der Waals surface area contributed by atoms with Gasteiger partial charge in [0.1, 0.15) is 4.99 Å². The Balaban J connectivity index is 2.78. The van der Waals surface area contributed by atoms with Crippen molar-refractivity contribution in [2.75, 3.05) is 25.1 Å². The minimum absolute atomic E-state index is 0.0788. The van der Waals surface area contributed by atoms with Crippen LogP contribution in [-0.2, 0) is 0 Å². The average Bonchev–Trinajstić information content (AvgIpc) is 2.37. The van der Waals surface area contributed by atoms with Crippen LogP contribution in [0.1, 0.15) is 24.8 Å². The highest BCUT2D eigenvalue weighted by molar-refractivity contribution is 7.80. The van der Waals surface area contributed by atoms with Crippen LogP contribution in [0.15, 0.2) is 12.1 Å². The van der Waals surface area contributed by atoms with Gasteiger partial charge in [-0.1, -0.05) is 12.2 Å². The van der Waals surface area contributed by atoms with Gasteiger partial charge in [0.05, 0.1) is 5.69 Å². The Kier molecular flexibility index (Phi) is 6.11. The molecule has 0 atom stereocenters. The number of unbranched alkanes of at least 4 members (excludes halogenated alkanes) is 2. The van der Waals surface area contributed by atoms with E-state index in [-0.39, 0.29) is 22.8 Å². The summed E-state index contributed by atoms with van der Waals surface area (Å²) in [4.78, 5) is 1.48. The summed E-state index contributed by atoms with van der Waals surface area (Å²) < 4.78 is 27.6. The third-order valence-electron chi connectivity index (χ3n) is 2.89. The van der Waals surface area contributed by atoms with Crippen LogP contribution >= 0.6 is 12.2 Å². The lowest BCUT2D eigenvalue weighted by Gasteiger charge is -2.20. The number of nitrogens with two attached hydrogens (primary N) is 1. The molecule has 0 bridgehead atoms. The molecule has 3 nitrogen and oxygen atoms in total. The van der Waals surface area contributed by atoms with Crippen LogP contribution in [0.25, 0.3) is 0 Å². The van der Waals surface area contributed by atoms with Crippen LogP contribution < -0.4 is 10.6 Å². The summed E-state index contributed by atoms with van der Waals surface area (Å²) in [7, 11) is 1.69. The number of halogens is 2. The van der Waals surface area contributed by atoms with Crippen molar-refractivity contribution in [3.63, 3.8) is 0 Å². The van der Waals surface area contributed by atoms with Crippen molar-refractivity contribution in [2.24, 2.45) is 5.73 Å². The number of aliphatic hydroxyl groups excluding tert-OH is 1. The highest BCUT2D eigenvalue weighted by atomic mass is 32.1. The maximum absolute atomic E-state index is 13.9. The van der Waals surface area contributed by atoms with E-state index in [1.54, 1.807) is 11.9 Å². The molecule has 19 heavy (non-hydrogen) atoms. The summed E-state index contributed by atoms with van der Waals surface area (Å²) >= 11 is 4.65. The van der Waals surface area contributed by atoms with Gasteiger partial charge in [-0.3, -0.25) is 0 Å². The molecule has 0 heterocycles. The van der Waals surface area contributed by atoms with Gasteiger partial charge in [0.2, 0.25) is 0 Å². The molecule has 0 saturated carbocycles. The standard InChI is InChI=1S/C13H18F2N2OS/c1-17(7-3-2-4-8-18)10-6-5-9(13(16)19)11(14)12(10)15/h5-6,18H,2-4,7-8H2,1H3,(H2,16,19). The van der Waals surface area contributed by atoms with Crippen molar-refractivity contribution in [3.05, 3.63) is 29.3 Å². The number of thiocarbonyl (C=S) groups is 1. The molecule has 0 aliphatic rings. The Morgan fingerprint density at radius 2 is 1.95 bits per heavy atom. The first kappa shape index (κ1) is 15.8. The minimum Gasteiger partial charge on any atom is -0.396 e. The van der Waals surface area contributed by atoms with Gasteiger partial charge in [-0.25, -0.2) is 8.78 Å². The van der Waals surface area contributed by atoms with E-state index in [0.717, 1.165) is 12.8 Å². The maximum Gasteiger partial charge on any atom is 0.182 e. The smallest absolute Gasteiger partial charge is 0.182 e. The zero-order valence-electron chi connectivity index (χ0n) is 10.8. The molecular weight excluding hydrogens is 270 g/mol. The Morgan fingerprint density at radius 1 is 1.26 bits per heavy atom. The second-order valence-electron chi connectivity index (χ2n) is 4.33. The fourth-order valence-electron chi connectivity index (χ4n) is 1.78. The molecule has 0 fully saturated rings. The van der Waals surface area contributed by atoms with Gasteiger partial charge in [-0.2, -0.15) is 0 Å². The molecule has 3 N–H and O–H groups in total. The van der Waals surface area contributed by atoms with Crippen molar-refractivity contribution >= 4 is 22.9 Å².